The number of rotatable bonds is 3. The molecule has 19 heavy (non-hydrogen) atoms. The second-order valence-corrected chi connectivity index (χ2v) is 7.02. The van der Waals surface area contributed by atoms with Gasteiger partial charge in [0, 0.05) is 21.7 Å². The van der Waals surface area contributed by atoms with Gasteiger partial charge < -0.3 is 5.32 Å². The Morgan fingerprint density at radius 1 is 1.37 bits per heavy atom. The van der Waals surface area contributed by atoms with Gasteiger partial charge >= 0.3 is 0 Å². The molecule has 0 spiro atoms. The highest BCUT2D eigenvalue weighted by Crippen LogP contribution is 2.31. The van der Waals surface area contributed by atoms with Crippen LogP contribution in [0.3, 0.4) is 0 Å². The van der Waals surface area contributed by atoms with Crippen LogP contribution in [-0.2, 0) is 0 Å². The minimum absolute atomic E-state index is 0.700. The van der Waals surface area contributed by atoms with E-state index in [1.807, 2.05) is 13.0 Å². The molecular weight excluding hydrogens is 322 g/mol. The van der Waals surface area contributed by atoms with Gasteiger partial charge in [-0.2, -0.15) is 0 Å². The molecule has 0 aromatic heterocycles. The van der Waals surface area contributed by atoms with Crippen molar-refractivity contribution in [3.8, 4) is 0 Å². The summed E-state index contributed by atoms with van der Waals surface area (Å²) in [5.74, 6) is 1.41. The van der Waals surface area contributed by atoms with Gasteiger partial charge in [0.1, 0.15) is 0 Å². The standard InChI is InChI=1S/C16H21BrClN/c1-10-4-11(2)6-13(5-10)9-19-16-8-15(18)12(3)7-14(16)17/h4,7-8,10,13,19H,5-6,9H2,1-3H3. The molecule has 0 amide bonds. The first-order valence-electron chi connectivity index (χ1n) is 6.82. The van der Waals surface area contributed by atoms with Crippen LogP contribution >= 0.6 is 27.5 Å². The van der Waals surface area contributed by atoms with Crippen molar-refractivity contribution in [1.29, 1.82) is 0 Å². The topological polar surface area (TPSA) is 12.0 Å². The van der Waals surface area contributed by atoms with Crippen LogP contribution in [0.4, 0.5) is 5.69 Å². The average Bonchev–Trinajstić information content (AvgIpc) is 2.31. The molecule has 1 N–H and O–H groups in total. The van der Waals surface area contributed by atoms with Gasteiger partial charge in [-0.15, -0.1) is 0 Å². The Labute approximate surface area is 129 Å². The molecule has 2 atom stereocenters. The summed E-state index contributed by atoms with van der Waals surface area (Å²) in [6, 6.07) is 4.08. The Kier molecular flexibility index (Phi) is 4.97. The number of aryl methyl sites for hydroxylation is 1. The molecule has 2 unspecified atom stereocenters. The zero-order chi connectivity index (χ0) is 14.0. The molecule has 0 saturated heterocycles. The summed E-state index contributed by atoms with van der Waals surface area (Å²) in [5, 5.41) is 4.35. The van der Waals surface area contributed by atoms with Crippen LogP contribution in [0.5, 0.6) is 0 Å². The van der Waals surface area contributed by atoms with Gasteiger partial charge in [-0.05, 0) is 72.2 Å². The monoisotopic (exact) mass is 341 g/mol. The van der Waals surface area contributed by atoms with Crippen LogP contribution in [0, 0.1) is 18.8 Å². The molecule has 0 bridgehead atoms. The van der Waals surface area contributed by atoms with E-state index in [0.717, 1.165) is 27.3 Å². The van der Waals surface area contributed by atoms with Crippen LogP contribution < -0.4 is 5.32 Å². The normalized spacial score (nSPS) is 23.1. The minimum Gasteiger partial charge on any atom is -0.384 e. The molecule has 1 nitrogen and oxygen atoms in total. The molecule has 0 saturated carbocycles. The summed E-state index contributed by atoms with van der Waals surface area (Å²) in [4.78, 5) is 0. The molecule has 2 rings (SSSR count). The summed E-state index contributed by atoms with van der Waals surface area (Å²) >= 11 is 9.78. The number of nitrogens with one attached hydrogen (secondary N) is 1. The minimum atomic E-state index is 0.700. The fourth-order valence-corrected chi connectivity index (χ4v) is 3.64. The van der Waals surface area contributed by atoms with Crippen LogP contribution in [0.1, 0.15) is 32.3 Å². The van der Waals surface area contributed by atoms with Crippen LogP contribution in [-0.4, -0.2) is 6.54 Å². The first-order chi connectivity index (χ1) is 8.95. The van der Waals surface area contributed by atoms with E-state index in [0.29, 0.717) is 11.8 Å². The Morgan fingerprint density at radius 3 is 2.79 bits per heavy atom. The SMILES string of the molecule is CC1=CC(C)CC(CNc2cc(Cl)c(C)cc2Br)C1. The lowest BCUT2D eigenvalue weighted by Crippen LogP contribution is -2.20. The molecule has 1 aromatic rings. The zero-order valence-corrected chi connectivity index (χ0v) is 14.1. The fourth-order valence-electron chi connectivity index (χ4n) is 2.88. The summed E-state index contributed by atoms with van der Waals surface area (Å²) in [6.07, 6.45) is 4.87. The number of anilines is 1. The van der Waals surface area contributed by atoms with E-state index in [4.69, 9.17) is 11.6 Å². The van der Waals surface area contributed by atoms with Crippen molar-refractivity contribution in [2.45, 2.75) is 33.6 Å². The predicted molar refractivity (Wildman–Crippen MR) is 88.0 cm³/mol. The van der Waals surface area contributed by atoms with Crippen LogP contribution in [0.15, 0.2) is 28.3 Å². The first-order valence-corrected chi connectivity index (χ1v) is 7.99. The second kappa shape index (κ2) is 6.32. The van der Waals surface area contributed by atoms with Gasteiger partial charge in [0.2, 0.25) is 0 Å². The van der Waals surface area contributed by atoms with E-state index in [-0.39, 0.29) is 0 Å². The van der Waals surface area contributed by atoms with E-state index < -0.39 is 0 Å². The molecule has 104 valence electrons. The van der Waals surface area contributed by atoms with Crippen molar-refractivity contribution in [3.05, 3.63) is 38.8 Å². The van der Waals surface area contributed by atoms with Crippen LogP contribution in [0.2, 0.25) is 5.02 Å². The molecular formula is C16H21BrClN. The van der Waals surface area contributed by atoms with Crippen molar-refractivity contribution in [2.24, 2.45) is 11.8 Å². The third kappa shape index (κ3) is 4.00. The van der Waals surface area contributed by atoms with Crippen molar-refractivity contribution in [3.63, 3.8) is 0 Å². The number of allylic oxidation sites excluding steroid dienone is 2. The number of hydrogen-bond acceptors (Lipinski definition) is 1. The maximum atomic E-state index is 6.18. The van der Waals surface area contributed by atoms with E-state index >= 15 is 0 Å². The highest BCUT2D eigenvalue weighted by Gasteiger charge is 2.18. The lowest BCUT2D eigenvalue weighted by Gasteiger charge is -2.26. The molecule has 0 fully saturated rings. The molecule has 3 heteroatoms. The quantitative estimate of drug-likeness (QED) is 0.683. The maximum Gasteiger partial charge on any atom is 0.0499 e. The van der Waals surface area contributed by atoms with Gasteiger partial charge in [0.05, 0.1) is 0 Å². The second-order valence-electron chi connectivity index (χ2n) is 5.76. The summed E-state index contributed by atoms with van der Waals surface area (Å²) in [7, 11) is 0. The molecule has 1 aromatic carbocycles. The summed E-state index contributed by atoms with van der Waals surface area (Å²) in [5.41, 5.74) is 3.71. The van der Waals surface area contributed by atoms with Gasteiger partial charge in [-0.25, -0.2) is 0 Å². The van der Waals surface area contributed by atoms with E-state index in [2.05, 4.69) is 47.2 Å². The van der Waals surface area contributed by atoms with Gasteiger partial charge in [-0.3, -0.25) is 0 Å². The Balaban J connectivity index is 2.00. The van der Waals surface area contributed by atoms with E-state index in [1.54, 1.807) is 0 Å². The highest BCUT2D eigenvalue weighted by atomic mass is 79.9. The Bertz CT molecular complexity index is 496. The van der Waals surface area contributed by atoms with Crippen molar-refractivity contribution in [1.82, 2.24) is 0 Å². The third-order valence-electron chi connectivity index (χ3n) is 3.71. The third-order valence-corrected chi connectivity index (χ3v) is 4.78. The Hall–Kier alpha value is -0.470. The molecule has 0 aliphatic heterocycles. The molecule has 1 aliphatic carbocycles. The number of halogens is 2. The summed E-state index contributed by atoms with van der Waals surface area (Å²) < 4.78 is 1.09. The molecule has 0 radical (unpaired) electrons. The Morgan fingerprint density at radius 2 is 2.11 bits per heavy atom. The van der Waals surface area contributed by atoms with Crippen molar-refractivity contribution < 1.29 is 0 Å². The van der Waals surface area contributed by atoms with Crippen molar-refractivity contribution >= 4 is 33.2 Å². The van der Waals surface area contributed by atoms with E-state index in [9.17, 15) is 0 Å². The van der Waals surface area contributed by atoms with Gasteiger partial charge in [0.25, 0.3) is 0 Å². The number of benzene rings is 1. The van der Waals surface area contributed by atoms with E-state index in [1.165, 1.54) is 18.4 Å². The predicted octanol–water partition coefficient (Wildman–Crippen LogP) is 5.82. The largest absolute Gasteiger partial charge is 0.384 e. The summed E-state index contributed by atoms with van der Waals surface area (Å²) in [6.45, 7) is 7.57. The smallest absolute Gasteiger partial charge is 0.0499 e. The average molecular weight is 343 g/mol. The lowest BCUT2D eigenvalue weighted by molar-refractivity contribution is 0.421. The van der Waals surface area contributed by atoms with Gasteiger partial charge in [0.15, 0.2) is 0 Å². The highest BCUT2D eigenvalue weighted by molar-refractivity contribution is 9.10. The number of hydrogen-bond donors (Lipinski definition) is 1. The molecule has 1 aliphatic rings. The zero-order valence-electron chi connectivity index (χ0n) is 11.8. The van der Waals surface area contributed by atoms with Crippen molar-refractivity contribution in [2.75, 3.05) is 11.9 Å². The lowest BCUT2D eigenvalue weighted by atomic mass is 9.84. The van der Waals surface area contributed by atoms with Crippen LogP contribution in [0.25, 0.3) is 0 Å². The first kappa shape index (κ1) is 14.9. The van der Waals surface area contributed by atoms with Gasteiger partial charge in [-0.1, -0.05) is 30.2 Å². The molecule has 0 heterocycles. The maximum absolute atomic E-state index is 6.18. The fraction of sp³-hybridized carbons (Fsp3) is 0.500.